The van der Waals surface area contributed by atoms with Gasteiger partial charge < -0.3 is 5.11 Å². The molecule has 4 heteroatoms. The third-order valence-electron chi connectivity index (χ3n) is 2.81. The van der Waals surface area contributed by atoms with Crippen LogP contribution in [0.2, 0.25) is 0 Å². The minimum Gasteiger partial charge on any atom is -0.396 e. The van der Waals surface area contributed by atoms with E-state index in [2.05, 4.69) is 0 Å². The fourth-order valence-electron chi connectivity index (χ4n) is 2.09. The zero-order valence-electron chi connectivity index (χ0n) is 8.78. The van der Waals surface area contributed by atoms with Gasteiger partial charge in [0.15, 0.2) is 9.84 Å². The van der Waals surface area contributed by atoms with Gasteiger partial charge in [0.25, 0.3) is 0 Å². The third kappa shape index (κ3) is 3.96. The molecule has 1 atom stereocenters. The van der Waals surface area contributed by atoms with Gasteiger partial charge in [-0.1, -0.05) is 19.8 Å². The van der Waals surface area contributed by atoms with E-state index in [-0.39, 0.29) is 18.3 Å². The summed E-state index contributed by atoms with van der Waals surface area (Å²) < 4.78 is 23.3. The van der Waals surface area contributed by atoms with Crippen molar-refractivity contribution in [2.75, 3.05) is 18.1 Å². The highest BCUT2D eigenvalue weighted by Crippen LogP contribution is 2.26. The molecule has 1 aliphatic rings. The van der Waals surface area contributed by atoms with Crippen LogP contribution in [0.3, 0.4) is 0 Å². The lowest BCUT2D eigenvalue weighted by atomic mass is 10.1. The zero-order chi connectivity index (χ0) is 10.6. The second kappa shape index (κ2) is 5.12. The van der Waals surface area contributed by atoms with Gasteiger partial charge in [0.2, 0.25) is 0 Å². The molecule has 0 spiro atoms. The molecule has 84 valence electrons. The summed E-state index contributed by atoms with van der Waals surface area (Å²) in [5.41, 5.74) is 0. The molecule has 0 aromatic carbocycles. The summed E-state index contributed by atoms with van der Waals surface area (Å²) in [6, 6.07) is 0. The van der Waals surface area contributed by atoms with Crippen molar-refractivity contribution in [1.82, 2.24) is 0 Å². The standard InChI is InChI=1S/C10H20O3S/c1-9(6-11)7-14(12,13)8-10-4-2-3-5-10/h9-11H,2-8H2,1H3. The first-order valence-corrected chi connectivity index (χ1v) is 7.17. The Morgan fingerprint density at radius 1 is 1.36 bits per heavy atom. The third-order valence-corrected chi connectivity index (χ3v) is 4.87. The normalized spacial score (nSPS) is 21.3. The molecule has 14 heavy (non-hydrogen) atoms. The van der Waals surface area contributed by atoms with E-state index >= 15 is 0 Å². The Morgan fingerprint density at radius 2 is 1.93 bits per heavy atom. The highest BCUT2D eigenvalue weighted by atomic mass is 32.2. The summed E-state index contributed by atoms with van der Waals surface area (Å²) in [5.74, 6) is 0.726. The number of rotatable bonds is 5. The monoisotopic (exact) mass is 220 g/mol. The van der Waals surface area contributed by atoms with Crippen LogP contribution in [0.5, 0.6) is 0 Å². The lowest BCUT2D eigenvalue weighted by Crippen LogP contribution is -2.22. The minimum absolute atomic E-state index is 0.0378. The zero-order valence-corrected chi connectivity index (χ0v) is 9.59. The lowest BCUT2D eigenvalue weighted by Gasteiger charge is -2.12. The quantitative estimate of drug-likeness (QED) is 0.758. The number of hydrogen-bond acceptors (Lipinski definition) is 3. The second-order valence-corrected chi connectivity index (χ2v) is 6.67. The van der Waals surface area contributed by atoms with Crippen LogP contribution in [-0.4, -0.2) is 31.6 Å². The summed E-state index contributed by atoms with van der Waals surface area (Å²) in [6.07, 6.45) is 4.48. The molecule has 0 amide bonds. The van der Waals surface area contributed by atoms with E-state index in [1.54, 1.807) is 6.92 Å². The lowest BCUT2D eigenvalue weighted by molar-refractivity contribution is 0.249. The topological polar surface area (TPSA) is 54.4 Å². The van der Waals surface area contributed by atoms with Crippen LogP contribution >= 0.6 is 0 Å². The number of sulfone groups is 1. The van der Waals surface area contributed by atoms with E-state index in [1.165, 1.54) is 12.8 Å². The summed E-state index contributed by atoms with van der Waals surface area (Å²) >= 11 is 0. The molecule has 0 saturated heterocycles. The average molecular weight is 220 g/mol. The van der Waals surface area contributed by atoms with Crippen LogP contribution < -0.4 is 0 Å². The molecular weight excluding hydrogens is 200 g/mol. The van der Waals surface area contributed by atoms with Crippen molar-refractivity contribution in [3.63, 3.8) is 0 Å². The van der Waals surface area contributed by atoms with Crippen molar-refractivity contribution in [2.24, 2.45) is 11.8 Å². The predicted molar refractivity (Wildman–Crippen MR) is 56.9 cm³/mol. The van der Waals surface area contributed by atoms with Crippen molar-refractivity contribution in [3.05, 3.63) is 0 Å². The van der Waals surface area contributed by atoms with E-state index in [0.717, 1.165) is 12.8 Å². The van der Waals surface area contributed by atoms with Gasteiger partial charge in [-0.05, 0) is 24.7 Å². The molecule has 0 aromatic heterocycles. The molecule has 0 heterocycles. The predicted octanol–water partition coefficient (Wildman–Crippen LogP) is 1.22. The van der Waals surface area contributed by atoms with E-state index < -0.39 is 9.84 Å². The van der Waals surface area contributed by atoms with E-state index in [4.69, 9.17) is 5.11 Å². The molecule has 1 rings (SSSR count). The fraction of sp³-hybridized carbons (Fsp3) is 1.00. The van der Waals surface area contributed by atoms with Crippen LogP contribution in [0.4, 0.5) is 0 Å². The first-order chi connectivity index (χ1) is 6.53. The van der Waals surface area contributed by atoms with Gasteiger partial charge in [0.05, 0.1) is 11.5 Å². The van der Waals surface area contributed by atoms with Gasteiger partial charge in [-0.3, -0.25) is 0 Å². The molecule has 1 N–H and O–H groups in total. The molecule has 1 saturated carbocycles. The fourth-order valence-corrected chi connectivity index (χ4v) is 4.25. The number of aliphatic hydroxyl groups is 1. The van der Waals surface area contributed by atoms with Crippen LogP contribution in [0.1, 0.15) is 32.6 Å². The highest BCUT2D eigenvalue weighted by molar-refractivity contribution is 7.91. The second-order valence-electron chi connectivity index (χ2n) is 4.52. The molecule has 1 unspecified atom stereocenters. The highest BCUT2D eigenvalue weighted by Gasteiger charge is 2.23. The van der Waals surface area contributed by atoms with E-state index in [0.29, 0.717) is 11.7 Å². The van der Waals surface area contributed by atoms with Gasteiger partial charge in [0.1, 0.15) is 0 Å². The van der Waals surface area contributed by atoms with Gasteiger partial charge in [-0.15, -0.1) is 0 Å². The molecule has 0 bridgehead atoms. The van der Waals surface area contributed by atoms with Crippen molar-refractivity contribution >= 4 is 9.84 Å². The molecular formula is C10H20O3S. The summed E-state index contributed by atoms with van der Waals surface area (Å²) in [6.45, 7) is 1.73. The van der Waals surface area contributed by atoms with Crippen LogP contribution in [0, 0.1) is 11.8 Å². The van der Waals surface area contributed by atoms with E-state index in [1.807, 2.05) is 0 Å². The van der Waals surface area contributed by atoms with Crippen molar-refractivity contribution in [3.8, 4) is 0 Å². The van der Waals surface area contributed by atoms with Crippen LogP contribution in [-0.2, 0) is 9.84 Å². The first-order valence-electron chi connectivity index (χ1n) is 5.35. The Bertz CT molecular complexity index is 253. The van der Waals surface area contributed by atoms with Gasteiger partial charge in [-0.2, -0.15) is 0 Å². The Labute approximate surface area is 86.4 Å². The molecule has 1 aliphatic carbocycles. The van der Waals surface area contributed by atoms with Gasteiger partial charge in [-0.25, -0.2) is 8.42 Å². The number of hydrogen-bond donors (Lipinski definition) is 1. The molecule has 0 aromatic rings. The van der Waals surface area contributed by atoms with E-state index in [9.17, 15) is 8.42 Å². The van der Waals surface area contributed by atoms with Crippen LogP contribution in [0.15, 0.2) is 0 Å². The van der Waals surface area contributed by atoms with Crippen molar-refractivity contribution < 1.29 is 13.5 Å². The summed E-state index contributed by atoms with van der Waals surface area (Å²) in [4.78, 5) is 0. The Hall–Kier alpha value is -0.0900. The Kier molecular flexibility index (Phi) is 4.38. The molecule has 0 radical (unpaired) electrons. The van der Waals surface area contributed by atoms with Gasteiger partial charge >= 0.3 is 0 Å². The maximum Gasteiger partial charge on any atom is 0.150 e. The largest absolute Gasteiger partial charge is 0.396 e. The van der Waals surface area contributed by atoms with Gasteiger partial charge in [0, 0.05) is 6.61 Å². The van der Waals surface area contributed by atoms with Crippen LogP contribution in [0.25, 0.3) is 0 Å². The SMILES string of the molecule is CC(CO)CS(=O)(=O)CC1CCCC1. The first kappa shape index (κ1) is 12.0. The maximum absolute atomic E-state index is 11.6. The summed E-state index contributed by atoms with van der Waals surface area (Å²) in [7, 11) is -2.94. The van der Waals surface area contributed by atoms with Crippen molar-refractivity contribution in [2.45, 2.75) is 32.6 Å². The number of aliphatic hydroxyl groups excluding tert-OH is 1. The Balaban J connectivity index is 2.40. The molecule has 0 aliphatic heterocycles. The summed E-state index contributed by atoms with van der Waals surface area (Å²) in [5, 5.41) is 8.79. The smallest absolute Gasteiger partial charge is 0.150 e. The maximum atomic E-state index is 11.6. The minimum atomic E-state index is -2.94. The molecule has 1 fully saturated rings. The average Bonchev–Trinajstić information content (AvgIpc) is 2.54. The Morgan fingerprint density at radius 3 is 2.43 bits per heavy atom. The molecule has 3 nitrogen and oxygen atoms in total. The van der Waals surface area contributed by atoms with Crippen molar-refractivity contribution in [1.29, 1.82) is 0 Å².